The van der Waals surface area contributed by atoms with Crippen LogP contribution in [-0.4, -0.2) is 37.2 Å². The van der Waals surface area contributed by atoms with E-state index in [-0.39, 0.29) is 35.1 Å². The molecule has 0 radical (unpaired) electrons. The second-order valence-corrected chi connectivity index (χ2v) is 17.3. The van der Waals surface area contributed by atoms with Gasteiger partial charge in [0.05, 0.1) is 17.3 Å². The lowest BCUT2D eigenvalue weighted by Gasteiger charge is -2.47. The van der Waals surface area contributed by atoms with Crippen LogP contribution in [0.2, 0.25) is 18.1 Å². The maximum atomic E-state index is 12.8. The molecule has 0 saturated heterocycles. The largest absolute Gasteiger partial charge is 0.458 e. The standard InChI is InChI=1S/C31H52O4Si/c1-8-36(9-2,10-3)35-30(5,6)22-20-27(32)23(4)25-18-19-26-28(17-14-21-31(25,26)7)34-29(33)24-15-12-11-13-16-24/h11-13,15-16,23,25-28,32H,8-10,14,17-22H2,1-7H3/t23-,25+,26-,27+,28-,31+/m0/s1. The van der Waals surface area contributed by atoms with Crippen LogP contribution in [0.5, 0.6) is 0 Å². The Hall–Kier alpha value is -1.17. The van der Waals surface area contributed by atoms with Crippen molar-refractivity contribution in [2.45, 2.75) is 129 Å². The third-order valence-corrected chi connectivity index (χ3v) is 15.0. The number of rotatable bonds is 12. The van der Waals surface area contributed by atoms with Gasteiger partial charge >= 0.3 is 5.97 Å². The number of carbonyl (C=O) groups is 1. The van der Waals surface area contributed by atoms with Crippen molar-refractivity contribution in [3.8, 4) is 0 Å². The number of aliphatic hydroxyl groups excluding tert-OH is 1. The number of ether oxygens (including phenoxy) is 1. The Labute approximate surface area is 221 Å². The molecule has 2 aliphatic carbocycles. The van der Waals surface area contributed by atoms with Gasteiger partial charge in [0.1, 0.15) is 6.10 Å². The number of hydrogen-bond donors (Lipinski definition) is 1. The third kappa shape index (κ3) is 6.45. The zero-order chi connectivity index (χ0) is 26.6. The minimum atomic E-state index is -1.68. The second-order valence-electron chi connectivity index (χ2n) is 12.6. The molecule has 0 aliphatic heterocycles. The van der Waals surface area contributed by atoms with Crippen LogP contribution >= 0.6 is 0 Å². The van der Waals surface area contributed by atoms with E-state index in [1.165, 1.54) is 0 Å². The average Bonchev–Trinajstić information content (AvgIpc) is 3.23. The van der Waals surface area contributed by atoms with Crippen LogP contribution in [0.15, 0.2) is 30.3 Å². The molecular formula is C31H52O4Si. The zero-order valence-electron chi connectivity index (χ0n) is 24.0. The first-order chi connectivity index (χ1) is 17.0. The van der Waals surface area contributed by atoms with E-state index in [2.05, 4.69) is 48.5 Å². The molecule has 0 amide bonds. The quantitative estimate of drug-likeness (QED) is 0.226. The molecule has 6 atom stereocenters. The highest BCUT2D eigenvalue weighted by Crippen LogP contribution is 2.59. The molecule has 204 valence electrons. The van der Waals surface area contributed by atoms with E-state index in [4.69, 9.17) is 9.16 Å². The maximum Gasteiger partial charge on any atom is 0.338 e. The van der Waals surface area contributed by atoms with Gasteiger partial charge in [0.15, 0.2) is 8.32 Å². The SMILES string of the molecule is CC[Si](CC)(CC)OC(C)(C)CC[C@@H](O)[C@@H](C)[C@H]1CC[C@H]2[C@@H](OC(=O)c3ccccc3)CCC[C@]12C. The smallest absolute Gasteiger partial charge is 0.338 e. The summed E-state index contributed by atoms with van der Waals surface area (Å²) in [4.78, 5) is 12.8. The van der Waals surface area contributed by atoms with Gasteiger partial charge in [-0.25, -0.2) is 4.79 Å². The van der Waals surface area contributed by atoms with Gasteiger partial charge in [-0.2, -0.15) is 0 Å². The topological polar surface area (TPSA) is 55.8 Å². The lowest BCUT2D eigenvalue weighted by Crippen LogP contribution is -2.46. The van der Waals surface area contributed by atoms with Crippen molar-refractivity contribution >= 4 is 14.3 Å². The molecule has 4 nitrogen and oxygen atoms in total. The van der Waals surface area contributed by atoms with Crippen molar-refractivity contribution in [3.63, 3.8) is 0 Å². The van der Waals surface area contributed by atoms with Gasteiger partial charge in [-0.1, -0.05) is 52.8 Å². The van der Waals surface area contributed by atoms with E-state index < -0.39 is 8.32 Å². The summed E-state index contributed by atoms with van der Waals surface area (Å²) in [5, 5.41) is 11.3. The fourth-order valence-electron chi connectivity index (χ4n) is 7.57. The minimum absolute atomic E-state index is 0.0201. The van der Waals surface area contributed by atoms with E-state index in [0.717, 1.165) is 63.1 Å². The first-order valence-corrected chi connectivity index (χ1v) is 17.2. The van der Waals surface area contributed by atoms with Crippen molar-refractivity contribution in [2.75, 3.05) is 0 Å². The number of carbonyl (C=O) groups excluding carboxylic acids is 1. The molecule has 0 bridgehead atoms. The molecule has 2 aliphatic rings. The normalized spacial score (nSPS) is 28.4. The first-order valence-electron chi connectivity index (χ1n) is 14.6. The van der Waals surface area contributed by atoms with Crippen molar-refractivity contribution in [1.82, 2.24) is 0 Å². The minimum Gasteiger partial charge on any atom is -0.458 e. The molecule has 1 aromatic rings. The Morgan fingerprint density at radius 1 is 1.11 bits per heavy atom. The fourth-order valence-corrected chi connectivity index (χ4v) is 10.8. The lowest BCUT2D eigenvalue weighted by molar-refractivity contribution is -0.0596. The molecule has 0 spiro atoms. The van der Waals surface area contributed by atoms with Crippen LogP contribution in [0, 0.1) is 23.2 Å². The van der Waals surface area contributed by atoms with Crippen LogP contribution in [0.25, 0.3) is 0 Å². The van der Waals surface area contributed by atoms with Gasteiger partial charge in [0, 0.05) is 5.92 Å². The Morgan fingerprint density at radius 2 is 1.75 bits per heavy atom. The summed E-state index contributed by atoms with van der Waals surface area (Å²) in [5.74, 6) is 0.859. The molecule has 36 heavy (non-hydrogen) atoms. The Kier molecular flexibility index (Phi) is 9.90. The molecule has 3 rings (SSSR count). The highest BCUT2D eigenvalue weighted by molar-refractivity contribution is 6.73. The summed E-state index contributed by atoms with van der Waals surface area (Å²) in [6.07, 6.45) is 6.69. The monoisotopic (exact) mass is 516 g/mol. The summed E-state index contributed by atoms with van der Waals surface area (Å²) in [7, 11) is -1.68. The van der Waals surface area contributed by atoms with E-state index in [1.807, 2.05) is 30.3 Å². The van der Waals surface area contributed by atoms with E-state index >= 15 is 0 Å². The van der Waals surface area contributed by atoms with Crippen molar-refractivity contribution < 1.29 is 19.1 Å². The molecule has 0 aromatic heterocycles. The van der Waals surface area contributed by atoms with Crippen LogP contribution in [0.1, 0.15) is 104 Å². The number of fused-ring (bicyclic) bond motifs is 1. The van der Waals surface area contributed by atoms with Crippen molar-refractivity contribution in [3.05, 3.63) is 35.9 Å². The van der Waals surface area contributed by atoms with Crippen LogP contribution in [0.4, 0.5) is 0 Å². The average molecular weight is 517 g/mol. The van der Waals surface area contributed by atoms with Gasteiger partial charge in [0.2, 0.25) is 0 Å². The predicted octanol–water partition coefficient (Wildman–Crippen LogP) is 8.01. The molecule has 5 heteroatoms. The molecule has 1 aromatic carbocycles. The van der Waals surface area contributed by atoms with Gasteiger partial charge < -0.3 is 14.3 Å². The first kappa shape index (κ1) is 29.4. The van der Waals surface area contributed by atoms with Crippen LogP contribution < -0.4 is 0 Å². The van der Waals surface area contributed by atoms with Gasteiger partial charge in [0.25, 0.3) is 0 Å². The molecule has 2 saturated carbocycles. The van der Waals surface area contributed by atoms with E-state index in [0.29, 0.717) is 17.4 Å². The van der Waals surface area contributed by atoms with Crippen molar-refractivity contribution in [2.24, 2.45) is 23.2 Å². The van der Waals surface area contributed by atoms with Crippen LogP contribution in [-0.2, 0) is 9.16 Å². The summed E-state index contributed by atoms with van der Waals surface area (Å²) < 4.78 is 12.9. The van der Waals surface area contributed by atoms with Crippen LogP contribution in [0.3, 0.4) is 0 Å². The Balaban J connectivity index is 1.61. The summed E-state index contributed by atoms with van der Waals surface area (Å²) in [6.45, 7) is 15.9. The summed E-state index contributed by atoms with van der Waals surface area (Å²) in [6, 6.07) is 12.8. The zero-order valence-corrected chi connectivity index (χ0v) is 25.0. The summed E-state index contributed by atoms with van der Waals surface area (Å²) >= 11 is 0. The number of hydrogen-bond acceptors (Lipinski definition) is 4. The van der Waals surface area contributed by atoms with E-state index in [9.17, 15) is 9.90 Å². The molecule has 1 N–H and O–H groups in total. The molecule has 0 unspecified atom stereocenters. The van der Waals surface area contributed by atoms with Gasteiger partial charge in [-0.05, 0) is 106 Å². The Bertz CT molecular complexity index is 828. The van der Waals surface area contributed by atoms with E-state index in [1.54, 1.807) is 0 Å². The molecule has 2 fully saturated rings. The molecule has 0 heterocycles. The van der Waals surface area contributed by atoms with Gasteiger partial charge in [-0.3, -0.25) is 0 Å². The predicted molar refractivity (Wildman–Crippen MR) is 151 cm³/mol. The number of benzene rings is 1. The maximum absolute atomic E-state index is 12.8. The fraction of sp³-hybridized carbons (Fsp3) is 0.774. The molecular weight excluding hydrogens is 464 g/mol. The Morgan fingerprint density at radius 3 is 2.36 bits per heavy atom. The highest BCUT2D eigenvalue weighted by atomic mass is 28.4. The number of aliphatic hydroxyl groups is 1. The second kappa shape index (κ2) is 12.1. The number of esters is 1. The highest BCUT2D eigenvalue weighted by Gasteiger charge is 2.54. The van der Waals surface area contributed by atoms with Gasteiger partial charge in [-0.15, -0.1) is 0 Å². The third-order valence-electron chi connectivity index (χ3n) is 10.1. The lowest BCUT2D eigenvalue weighted by atomic mass is 9.61. The van der Waals surface area contributed by atoms with Crippen molar-refractivity contribution in [1.29, 1.82) is 0 Å². The summed E-state index contributed by atoms with van der Waals surface area (Å²) in [5.41, 5.74) is 0.550.